The van der Waals surface area contributed by atoms with Crippen LogP contribution < -0.4 is 5.32 Å². The van der Waals surface area contributed by atoms with Gasteiger partial charge in [-0.1, -0.05) is 54.1 Å². The predicted octanol–water partition coefficient (Wildman–Crippen LogP) is 6.38. The third kappa shape index (κ3) is 5.47. The van der Waals surface area contributed by atoms with Crippen molar-refractivity contribution in [3.63, 3.8) is 0 Å². The molecule has 34 heavy (non-hydrogen) atoms. The molecule has 1 N–H and O–H groups in total. The fraction of sp³-hybridized carbons (Fsp3) is 0.296. The molecule has 4 rings (SSSR count). The number of alkyl halides is 3. The van der Waals surface area contributed by atoms with Gasteiger partial charge in [-0.25, -0.2) is 4.31 Å². The van der Waals surface area contributed by atoms with Crippen molar-refractivity contribution in [3.8, 4) is 0 Å². The van der Waals surface area contributed by atoms with Gasteiger partial charge in [0.15, 0.2) is 0 Å². The average Bonchev–Trinajstić information content (AvgIpc) is 2.79. The number of hydrogen-bond donors (Lipinski definition) is 1. The van der Waals surface area contributed by atoms with Crippen molar-refractivity contribution in [3.05, 3.63) is 99.6 Å². The lowest BCUT2D eigenvalue weighted by molar-refractivity contribution is -0.137. The normalized spacial score (nSPS) is 16.2. The summed E-state index contributed by atoms with van der Waals surface area (Å²) < 4.78 is 40.6. The van der Waals surface area contributed by atoms with E-state index in [9.17, 15) is 18.0 Å². The first kappa shape index (κ1) is 24.4. The fourth-order valence-electron chi connectivity index (χ4n) is 4.37. The Balaban J connectivity index is 1.53. The van der Waals surface area contributed by atoms with Gasteiger partial charge in [-0.05, 0) is 79.1 Å². The molecule has 1 aliphatic rings. The number of amides is 1. The van der Waals surface area contributed by atoms with Gasteiger partial charge in [-0.15, -0.1) is 0 Å². The maximum Gasteiger partial charge on any atom is 0.416 e. The van der Waals surface area contributed by atoms with E-state index in [0.29, 0.717) is 18.5 Å². The Bertz CT molecular complexity index is 1170. The number of benzene rings is 3. The highest BCUT2D eigenvalue weighted by Crippen LogP contribution is 2.36. The summed E-state index contributed by atoms with van der Waals surface area (Å²) in [5.74, 6) is -0.135. The summed E-state index contributed by atoms with van der Waals surface area (Å²) in [7, 11) is 0. The van der Waals surface area contributed by atoms with Crippen LogP contribution in [0, 0.1) is 20.8 Å². The lowest BCUT2D eigenvalue weighted by Gasteiger charge is -2.35. The molecule has 0 spiro atoms. The Kier molecular flexibility index (Phi) is 7.05. The lowest BCUT2D eigenvalue weighted by atomic mass is 9.95. The van der Waals surface area contributed by atoms with Crippen LogP contribution in [0.5, 0.6) is 0 Å². The number of hydrogen-bond acceptors (Lipinski definition) is 3. The molecule has 7 heteroatoms. The molecule has 0 radical (unpaired) electrons. The van der Waals surface area contributed by atoms with Crippen LogP contribution in [0.3, 0.4) is 0 Å². The molecule has 3 aromatic rings. The van der Waals surface area contributed by atoms with Crippen molar-refractivity contribution in [2.75, 3.05) is 0 Å². The minimum Gasteiger partial charge on any atom is -0.351 e. The minimum absolute atomic E-state index is 0.135. The van der Waals surface area contributed by atoms with E-state index in [4.69, 9.17) is 0 Å². The lowest BCUT2D eigenvalue weighted by Crippen LogP contribution is -2.47. The zero-order chi connectivity index (χ0) is 24.5. The molecule has 0 saturated carbocycles. The topological polar surface area (TPSA) is 32.3 Å². The average molecular weight is 485 g/mol. The number of nitrogens with zero attached hydrogens (tertiary/aromatic N) is 1. The van der Waals surface area contributed by atoms with Gasteiger partial charge in [-0.3, -0.25) is 4.79 Å². The summed E-state index contributed by atoms with van der Waals surface area (Å²) >= 11 is 1.60. The molecule has 0 saturated heterocycles. The van der Waals surface area contributed by atoms with E-state index >= 15 is 0 Å². The molecule has 1 atom stereocenters. The molecule has 1 aliphatic heterocycles. The maximum absolute atomic E-state index is 13.3. The highest BCUT2D eigenvalue weighted by atomic mass is 32.2. The van der Waals surface area contributed by atoms with Crippen LogP contribution in [0.1, 0.15) is 38.9 Å². The highest BCUT2D eigenvalue weighted by Gasteiger charge is 2.33. The third-order valence-corrected chi connectivity index (χ3v) is 7.51. The van der Waals surface area contributed by atoms with Crippen molar-refractivity contribution in [2.24, 2.45) is 0 Å². The van der Waals surface area contributed by atoms with Crippen molar-refractivity contribution in [1.29, 1.82) is 0 Å². The Morgan fingerprint density at radius 1 is 1.00 bits per heavy atom. The van der Waals surface area contributed by atoms with E-state index in [-0.39, 0.29) is 12.5 Å². The molecule has 178 valence electrons. The van der Waals surface area contributed by atoms with Crippen LogP contribution in [0.25, 0.3) is 0 Å². The van der Waals surface area contributed by atoms with E-state index in [1.807, 2.05) is 12.1 Å². The maximum atomic E-state index is 13.3. The van der Waals surface area contributed by atoms with E-state index in [0.717, 1.165) is 22.6 Å². The SMILES string of the molecule is Cc1cc(C)c(SN2Cc3ccccc3CC2C(=O)NCc2ccc(C(F)(F)F)cc2)c(C)c1. The van der Waals surface area contributed by atoms with Gasteiger partial charge < -0.3 is 5.32 Å². The van der Waals surface area contributed by atoms with Gasteiger partial charge in [-0.2, -0.15) is 13.2 Å². The molecule has 1 heterocycles. The Morgan fingerprint density at radius 2 is 1.62 bits per heavy atom. The van der Waals surface area contributed by atoms with E-state index in [1.165, 1.54) is 34.4 Å². The molecule has 1 unspecified atom stereocenters. The van der Waals surface area contributed by atoms with Gasteiger partial charge >= 0.3 is 6.18 Å². The Hall–Kier alpha value is -2.77. The molecule has 0 bridgehead atoms. The number of aryl methyl sites for hydroxylation is 3. The number of carbonyl (C=O) groups is 1. The second-order valence-corrected chi connectivity index (χ2v) is 9.86. The standard InChI is InChI=1S/C27H27F3N2OS/c1-17-12-18(2)25(19(3)13-17)34-32-16-22-7-5-4-6-21(22)14-24(32)26(33)31-15-20-8-10-23(11-9-20)27(28,29)30/h4-13,24H,14-16H2,1-3H3,(H,31,33). The van der Waals surface area contributed by atoms with Crippen LogP contribution in [0.15, 0.2) is 65.6 Å². The summed E-state index contributed by atoms with van der Waals surface area (Å²) in [6, 6.07) is 16.9. The van der Waals surface area contributed by atoms with Gasteiger partial charge in [0.05, 0.1) is 5.56 Å². The number of fused-ring (bicyclic) bond motifs is 1. The largest absolute Gasteiger partial charge is 0.416 e. The number of halogens is 3. The number of rotatable bonds is 5. The quantitative estimate of drug-likeness (QED) is 0.427. The van der Waals surface area contributed by atoms with Gasteiger partial charge in [0, 0.05) is 18.0 Å². The van der Waals surface area contributed by atoms with E-state index in [1.54, 1.807) is 11.9 Å². The van der Waals surface area contributed by atoms with E-state index in [2.05, 4.69) is 54.7 Å². The van der Waals surface area contributed by atoms with Gasteiger partial charge in [0.25, 0.3) is 0 Å². The zero-order valence-electron chi connectivity index (χ0n) is 19.4. The van der Waals surface area contributed by atoms with Crippen LogP contribution in [0.2, 0.25) is 0 Å². The van der Waals surface area contributed by atoms with Crippen LogP contribution >= 0.6 is 11.9 Å². The summed E-state index contributed by atoms with van der Waals surface area (Å²) in [6.45, 7) is 7.05. The second-order valence-electron chi connectivity index (χ2n) is 8.80. The Labute approximate surface area is 202 Å². The fourth-order valence-corrected chi connectivity index (χ4v) is 5.51. The van der Waals surface area contributed by atoms with Crippen LogP contribution in [-0.4, -0.2) is 16.3 Å². The molecule has 3 nitrogen and oxygen atoms in total. The molecule has 3 aromatic carbocycles. The molecule has 1 amide bonds. The molecule has 0 fully saturated rings. The first-order valence-electron chi connectivity index (χ1n) is 11.1. The first-order valence-corrected chi connectivity index (χ1v) is 11.9. The molecular formula is C27H27F3N2OS. The van der Waals surface area contributed by atoms with Crippen LogP contribution in [-0.2, 0) is 30.5 Å². The Morgan fingerprint density at radius 3 is 2.24 bits per heavy atom. The number of carbonyl (C=O) groups excluding carboxylic acids is 1. The predicted molar refractivity (Wildman–Crippen MR) is 129 cm³/mol. The summed E-state index contributed by atoms with van der Waals surface area (Å²) in [6.07, 6.45) is -3.80. The third-order valence-electron chi connectivity index (χ3n) is 6.07. The minimum atomic E-state index is -4.37. The molecular weight excluding hydrogens is 457 g/mol. The first-order chi connectivity index (χ1) is 16.1. The second kappa shape index (κ2) is 9.84. The zero-order valence-corrected chi connectivity index (χ0v) is 20.2. The molecule has 0 aliphatic carbocycles. The van der Waals surface area contributed by atoms with Gasteiger partial charge in [0.1, 0.15) is 6.04 Å². The summed E-state index contributed by atoms with van der Waals surface area (Å²) in [5.41, 5.74) is 5.82. The van der Waals surface area contributed by atoms with Crippen molar-refractivity contribution >= 4 is 17.9 Å². The van der Waals surface area contributed by atoms with Crippen molar-refractivity contribution in [1.82, 2.24) is 9.62 Å². The highest BCUT2D eigenvalue weighted by molar-refractivity contribution is 7.97. The van der Waals surface area contributed by atoms with Crippen LogP contribution in [0.4, 0.5) is 13.2 Å². The van der Waals surface area contributed by atoms with Crippen molar-refractivity contribution < 1.29 is 18.0 Å². The van der Waals surface area contributed by atoms with E-state index < -0.39 is 17.8 Å². The summed E-state index contributed by atoms with van der Waals surface area (Å²) in [5, 5.41) is 2.94. The smallest absolute Gasteiger partial charge is 0.351 e. The molecule has 0 aromatic heterocycles. The number of nitrogens with one attached hydrogen (secondary N) is 1. The van der Waals surface area contributed by atoms with Crippen molar-refractivity contribution in [2.45, 2.75) is 57.4 Å². The monoisotopic (exact) mass is 484 g/mol. The summed E-state index contributed by atoms with van der Waals surface area (Å²) in [4.78, 5) is 14.4. The van der Waals surface area contributed by atoms with Gasteiger partial charge in [0.2, 0.25) is 5.91 Å².